The third-order valence-corrected chi connectivity index (χ3v) is 5.90. The van der Waals surface area contributed by atoms with Gasteiger partial charge in [0.25, 0.3) is 0 Å². The van der Waals surface area contributed by atoms with Gasteiger partial charge in [-0.2, -0.15) is 0 Å². The van der Waals surface area contributed by atoms with Crippen molar-refractivity contribution in [3.8, 4) is 0 Å². The summed E-state index contributed by atoms with van der Waals surface area (Å²) in [5, 5.41) is 0. The van der Waals surface area contributed by atoms with Crippen LogP contribution in [0.3, 0.4) is 0 Å². The average molecular weight is 374 g/mol. The van der Waals surface area contributed by atoms with Crippen LogP contribution in [-0.2, 0) is 24.2 Å². The van der Waals surface area contributed by atoms with Gasteiger partial charge in [-0.3, -0.25) is 0 Å². The van der Waals surface area contributed by atoms with E-state index in [-0.39, 0.29) is 0 Å². The van der Waals surface area contributed by atoms with Gasteiger partial charge in [-0.1, -0.05) is 0 Å². The summed E-state index contributed by atoms with van der Waals surface area (Å²) in [6.45, 7) is 0. The van der Waals surface area contributed by atoms with Crippen molar-refractivity contribution in [1.82, 2.24) is 0 Å². The van der Waals surface area contributed by atoms with Gasteiger partial charge in [-0.15, -0.1) is 0 Å². The Kier molecular flexibility index (Phi) is 4.23. The quantitative estimate of drug-likeness (QED) is 0.684. The van der Waals surface area contributed by atoms with Gasteiger partial charge in [0.05, 0.1) is 0 Å². The van der Waals surface area contributed by atoms with Crippen molar-refractivity contribution in [1.29, 1.82) is 0 Å². The summed E-state index contributed by atoms with van der Waals surface area (Å²) in [7, 11) is 0. The molecule has 23 heavy (non-hydrogen) atoms. The first-order valence-electron chi connectivity index (χ1n) is 8.12. The minimum atomic E-state index is 0.479. The van der Waals surface area contributed by atoms with E-state index in [1.165, 1.54) is 49.7 Å². The van der Waals surface area contributed by atoms with E-state index in [1.807, 2.05) is 0 Å². The van der Waals surface area contributed by atoms with Crippen LogP contribution >= 0.6 is 0 Å². The summed E-state index contributed by atoms with van der Waals surface area (Å²) in [5.41, 5.74) is 5.67. The first-order valence-corrected chi connectivity index (χ1v) is 9.35. The molecule has 2 unspecified atom stereocenters. The molecule has 0 spiro atoms. The molecule has 0 saturated heterocycles. The Morgan fingerprint density at radius 3 is 2.35 bits per heavy atom. The van der Waals surface area contributed by atoms with E-state index in [9.17, 15) is 0 Å². The van der Waals surface area contributed by atoms with Crippen molar-refractivity contribution in [3.63, 3.8) is 0 Å². The van der Waals surface area contributed by atoms with Crippen molar-refractivity contribution in [3.05, 3.63) is 95.1 Å². The molecular formula is C22H18Zr. The summed E-state index contributed by atoms with van der Waals surface area (Å²) >= 11 is 1.51. The zero-order valence-electron chi connectivity index (χ0n) is 12.9. The van der Waals surface area contributed by atoms with Crippen LogP contribution in [0.4, 0.5) is 0 Å². The van der Waals surface area contributed by atoms with E-state index >= 15 is 0 Å². The topological polar surface area (TPSA) is 0 Å². The third-order valence-electron chi connectivity index (χ3n) is 4.73. The normalized spacial score (nSPS) is 20.8. The van der Waals surface area contributed by atoms with Crippen LogP contribution in [0.2, 0.25) is 0 Å². The molecule has 1 heteroatoms. The predicted molar refractivity (Wildman–Crippen MR) is 95.2 cm³/mol. The Labute approximate surface area is 152 Å². The number of hydrogen-bond donors (Lipinski definition) is 0. The number of fused-ring (bicyclic) bond motifs is 2. The van der Waals surface area contributed by atoms with Gasteiger partial charge < -0.3 is 0 Å². The minimum absolute atomic E-state index is 0.479. The molecule has 0 aromatic heterocycles. The van der Waals surface area contributed by atoms with Crippen LogP contribution in [0.5, 0.6) is 0 Å². The third kappa shape index (κ3) is 2.95. The SMILES string of the molecule is [Zr]=[C](/C=C\CC1C=Cc2ccccc21)C1C=Cc2ccccc21. The zero-order chi connectivity index (χ0) is 15.6. The fourth-order valence-electron chi connectivity index (χ4n) is 3.50. The van der Waals surface area contributed by atoms with Crippen molar-refractivity contribution in [2.45, 2.75) is 18.3 Å². The molecule has 0 fully saturated rings. The van der Waals surface area contributed by atoms with Crippen LogP contribution in [0, 0.1) is 0 Å². The number of allylic oxidation sites excluding steroid dienone is 4. The molecule has 2 aromatic rings. The standard InChI is InChI=1S/C22H18.Zr/c1(7-17-13-15-19-9-3-5-11-21(17)19)2-8-18-14-16-20-10-4-6-12-22(18)20;/h1-6,9-18H,7H2;/b2-1-;. The van der Waals surface area contributed by atoms with Gasteiger partial charge in [0.2, 0.25) is 0 Å². The van der Waals surface area contributed by atoms with E-state index in [2.05, 4.69) is 85.0 Å². The molecule has 0 heterocycles. The van der Waals surface area contributed by atoms with Crippen LogP contribution in [0.1, 0.15) is 40.5 Å². The molecule has 0 amide bonds. The van der Waals surface area contributed by atoms with Gasteiger partial charge in [0, 0.05) is 0 Å². The summed E-state index contributed by atoms with van der Waals surface area (Å²) < 4.78 is 1.51. The second kappa shape index (κ2) is 6.50. The molecular weight excluding hydrogens is 355 g/mol. The zero-order valence-corrected chi connectivity index (χ0v) is 15.4. The first kappa shape index (κ1) is 15.0. The van der Waals surface area contributed by atoms with Crippen LogP contribution < -0.4 is 0 Å². The molecule has 0 nitrogen and oxygen atoms in total. The van der Waals surface area contributed by atoms with Crippen LogP contribution in [-0.4, -0.2) is 3.21 Å². The summed E-state index contributed by atoms with van der Waals surface area (Å²) in [6, 6.07) is 17.5. The van der Waals surface area contributed by atoms with Crippen LogP contribution in [0.15, 0.2) is 72.8 Å². The fraction of sp³-hybridized carbons (Fsp3) is 0.136. The van der Waals surface area contributed by atoms with E-state index < -0.39 is 0 Å². The van der Waals surface area contributed by atoms with Crippen molar-refractivity contribution >= 4 is 15.4 Å². The van der Waals surface area contributed by atoms with Gasteiger partial charge >= 0.3 is 153 Å². The second-order valence-corrected chi connectivity index (χ2v) is 7.57. The Balaban J connectivity index is 1.44. The Morgan fingerprint density at radius 2 is 1.52 bits per heavy atom. The number of hydrogen-bond acceptors (Lipinski definition) is 0. The average Bonchev–Trinajstić information content (AvgIpc) is 3.19. The maximum atomic E-state index is 2.36. The Hall–Kier alpha value is -1.59. The van der Waals surface area contributed by atoms with E-state index in [0.29, 0.717) is 11.8 Å². The summed E-state index contributed by atoms with van der Waals surface area (Å²) in [5.74, 6) is 1.02. The molecule has 0 saturated carbocycles. The van der Waals surface area contributed by atoms with Crippen molar-refractivity contribution in [2.24, 2.45) is 0 Å². The summed E-state index contributed by atoms with van der Waals surface area (Å²) in [6.07, 6.45) is 15.0. The van der Waals surface area contributed by atoms with Crippen molar-refractivity contribution in [2.75, 3.05) is 0 Å². The van der Waals surface area contributed by atoms with Gasteiger partial charge in [-0.25, -0.2) is 0 Å². The van der Waals surface area contributed by atoms with E-state index in [4.69, 9.17) is 0 Å². The van der Waals surface area contributed by atoms with Gasteiger partial charge in [0.15, 0.2) is 0 Å². The number of benzene rings is 2. The Morgan fingerprint density at radius 1 is 0.870 bits per heavy atom. The van der Waals surface area contributed by atoms with Crippen LogP contribution in [0.25, 0.3) is 12.2 Å². The molecule has 2 aromatic carbocycles. The van der Waals surface area contributed by atoms with Gasteiger partial charge in [0.1, 0.15) is 0 Å². The first-order chi connectivity index (χ1) is 11.3. The molecule has 0 N–H and O–H groups in total. The molecule has 110 valence electrons. The maximum absolute atomic E-state index is 2.36. The monoisotopic (exact) mass is 372 g/mol. The predicted octanol–water partition coefficient (Wildman–Crippen LogP) is 5.27. The number of rotatable bonds is 4. The summed E-state index contributed by atoms with van der Waals surface area (Å²) in [4.78, 5) is 0. The molecule has 0 bridgehead atoms. The van der Waals surface area contributed by atoms with E-state index in [1.54, 1.807) is 0 Å². The molecule has 0 radical (unpaired) electrons. The molecule has 0 aliphatic heterocycles. The molecule has 2 aliphatic carbocycles. The molecule has 2 aliphatic rings. The molecule has 4 rings (SSSR count). The van der Waals surface area contributed by atoms with Gasteiger partial charge in [-0.05, 0) is 0 Å². The van der Waals surface area contributed by atoms with E-state index in [0.717, 1.165) is 6.42 Å². The fourth-order valence-corrected chi connectivity index (χ4v) is 4.40. The molecule has 2 atom stereocenters. The second-order valence-electron chi connectivity index (χ2n) is 6.15. The van der Waals surface area contributed by atoms with Crippen molar-refractivity contribution < 1.29 is 24.2 Å². The Bertz CT molecular complexity index is 839.